The Morgan fingerprint density at radius 2 is 2.05 bits per heavy atom. The molecular weight excluding hydrogens is 268 g/mol. The largest absolute Gasteiger partial charge is 0.381 e. The number of ether oxygens (including phenoxy) is 1. The number of piperazine rings is 1. The van der Waals surface area contributed by atoms with Gasteiger partial charge in [0.05, 0.1) is 6.61 Å². The summed E-state index contributed by atoms with van der Waals surface area (Å²) in [5.74, 6) is 0.195. The zero-order valence-corrected chi connectivity index (χ0v) is 12.1. The summed E-state index contributed by atoms with van der Waals surface area (Å²) >= 11 is 0. The molecule has 0 spiro atoms. The molecule has 0 saturated carbocycles. The summed E-state index contributed by atoms with van der Waals surface area (Å²) in [6.07, 6.45) is 0.946. The molecule has 1 aromatic rings. The Bertz CT molecular complexity index is 526. The van der Waals surface area contributed by atoms with E-state index in [9.17, 15) is 9.59 Å². The van der Waals surface area contributed by atoms with Gasteiger partial charge in [0.15, 0.2) is 0 Å². The van der Waals surface area contributed by atoms with E-state index in [4.69, 9.17) is 4.74 Å². The predicted molar refractivity (Wildman–Crippen MR) is 77.4 cm³/mol. The van der Waals surface area contributed by atoms with Crippen LogP contribution < -0.4 is 5.32 Å². The van der Waals surface area contributed by atoms with Crippen LogP contribution in [0.15, 0.2) is 30.3 Å². The Labute approximate surface area is 124 Å². The Kier molecular flexibility index (Phi) is 3.92. The fourth-order valence-electron chi connectivity index (χ4n) is 3.04. The number of nitrogens with one attached hydrogen (secondary N) is 1. The van der Waals surface area contributed by atoms with Crippen molar-refractivity contribution in [1.29, 1.82) is 0 Å². The summed E-state index contributed by atoms with van der Waals surface area (Å²) in [4.78, 5) is 26.6. The Morgan fingerprint density at radius 1 is 1.29 bits per heavy atom. The molecule has 0 radical (unpaired) electrons. The van der Waals surface area contributed by atoms with Gasteiger partial charge in [0.25, 0.3) is 0 Å². The van der Waals surface area contributed by atoms with Crippen LogP contribution >= 0.6 is 0 Å². The molecule has 1 aromatic carbocycles. The molecule has 0 aromatic heterocycles. The highest BCUT2D eigenvalue weighted by Gasteiger charge is 2.40. The lowest BCUT2D eigenvalue weighted by Gasteiger charge is -2.39. The zero-order valence-electron chi connectivity index (χ0n) is 12.1. The van der Waals surface area contributed by atoms with Crippen molar-refractivity contribution in [2.45, 2.75) is 25.4 Å². The van der Waals surface area contributed by atoms with E-state index in [2.05, 4.69) is 5.32 Å². The van der Waals surface area contributed by atoms with Gasteiger partial charge in [0.2, 0.25) is 11.8 Å². The number of rotatable bonds is 3. The van der Waals surface area contributed by atoms with E-state index in [1.807, 2.05) is 30.3 Å². The van der Waals surface area contributed by atoms with Crippen LogP contribution in [0.5, 0.6) is 0 Å². The predicted octanol–water partition coefficient (Wildman–Crippen LogP) is 1.11. The number of carbonyl (C=O) groups excluding carboxylic acids is 2. The third-order valence-electron chi connectivity index (χ3n) is 4.17. The molecular formula is C16H20N2O3. The van der Waals surface area contributed by atoms with Crippen molar-refractivity contribution in [2.24, 2.45) is 5.92 Å². The van der Waals surface area contributed by atoms with Gasteiger partial charge in [-0.1, -0.05) is 30.3 Å². The number of hydrogen-bond donors (Lipinski definition) is 1. The van der Waals surface area contributed by atoms with Crippen LogP contribution in [-0.4, -0.2) is 42.5 Å². The van der Waals surface area contributed by atoms with E-state index in [-0.39, 0.29) is 11.8 Å². The molecule has 0 bridgehead atoms. The van der Waals surface area contributed by atoms with Gasteiger partial charge in [0, 0.05) is 19.1 Å². The zero-order chi connectivity index (χ0) is 14.8. The smallest absolute Gasteiger partial charge is 0.248 e. The summed E-state index contributed by atoms with van der Waals surface area (Å²) in [7, 11) is 0. The first-order valence-electron chi connectivity index (χ1n) is 7.40. The van der Waals surface area contributed by atoms with Crippen LogP contribution in [0.4, 0.5) is 0 Å². The Hall–Kier alpha value is -1.88. The fourth-order valence-corrected chi connectivity index (χ4v) is 3.04. The fraction of sp³-hybridized carbons (Fsp3) is 0.500. The molecule has 2 heterocycles. The average Bonchev–Trinajstić information content (AvgIpc) is 2.98. The minimum atomic E-state index is -0.532. The van der Waals surface area contributed by atoms with E-state index >= 15 is 0 Å². The van der Waals surface area contributed by atoms with Crippen molar-refractivity contribution < 1.29 is 14.3 Å². The molecule has 2 aliphatic heterocycles. The summed E-state index contributed by atoms with van der Waals surface area (Å²) < 4.78 is 5.39. The molecule has 21 heavy (non-hydrogen) atoms. The summed E-state index contributed by atoms with van der Waals surface area (Å²) in [5.41, 5.74) is 0.856. The topological polar surface area (TPSA) is 58.6 Å². The maximum absolute atomic E-state index is 12.5. The second kappa shape index (κ2) is 5.85. The first-order valence-corrected chi connectivity index (χ1v) is 7.40. The summed E-state index contributed by atoms with van der Waals surface area (Å²) in [6, 6.07) is 8.49. The van der Waals surface area contributed by atoms with E-state index < -0.39 is 12.1 Å². The van der Waals surface area contributed by atoms with Crippen molar-refractivity contribution in [3.05, 3.63) is 35.9 Å². The van der Waals surface area contributed by atoms with Gasteiger partial charge in [-0.15, -0.1) is 0 Å². The van der Waals surface area contributed by atoms with Gasteiger partial charge in [-0.3, -0.25) is 9.59 Å². The van der Waals surface area contributed by atoms with Crippen LogP contribution in [0.1, 0.15) is 24.9 Å². The number of amides is 2. The number of benzene rings is 1. The van der Waals surface area contributed by atoms with Crippen LogP contribution in [0.3, 0.4) is 0 Å². The van der Waals surface area contributed by atoms with E-state index in [0.717, 1.165) is 18.6 Å². The van der Waals surface area contributed by atoms with Crippen LogP contribution in [-0.2, 0) is 14.3 Å². The maximum Gasteiger partial charge on any atom is 0.248 e. The third kappa shape index (κ3) is 2.78. The van der Waals surface area contributed by atoms with Gasteiger partial charge >= 0.3 is 0 Å². The highest BCUT2D eigenvalue weighted by Crippen LogP contribution is 2.28. The minimum absolute atomic E-state index is 0.0182. The highest BCUT2D eigenvalue weighted by molar-refractivity contribution is 5.97. The molecule has 2 fully saturated rings. The standard InChI is InChI=1S/C16H20N2O3/c1-11-16(20)18(9-12-7-8-21-10-12)14(15(19)17-11)13-5-3-2-4-6-13/h2-6,11-12,14H,7-10H2,1H3,(H,17,19). The molecule has 2 saturated heterocycles. The molecule has 1 N–H and O–H groups in total. The second-order valence-electron chi connectivity index (χ2n) is 5.76. The lowest BCUT2D eigenvalue weighted by Crippen LogP contribution is -2.59. The second-order valence-corrected chi connectivity index (χ2v) is 5.76. The molecule has 2 aliphatic rings. The van der Waals surface area contributed by atoms with Gasteiger partial charge in [-0.25, -0.2) is 0 Å². The first-order chi connectivity index (χ1) is 10.2. The van der Waals surface area contributed by atoms with Gasteiger partial charge in [-0.2, -0.15) is 0 Å². The third-order valence-corrected chi connectivity index (χ3v) is 4.17. The minimum Gasteiger partial charge on any atom is -0.381 e. The Balaban J connectivity index is 1.88. The van der Waals surface area contributed by atoms with E-state index in [1.54, 1.807) is 11.8 Å². The van der Waals surface area contributed by atoms with Crippen LogP contribution in [0, 0.1) is 5.92 Å². The first kappa shape index (κ1) is 14.1. The van der Waals surface area contributed by atoms with Crippen molar-refractivity contribution in [3.63, 3.8) is 0 Å². The number of nitrogens with zero attached hydrogens (tertiary/aromatic N) is 1. The van der Waals surface area contributed by atoms with Crippen molar-refractivity contribution in [3.8, 4) is 0 Å². The molecule has 2 amide bonds. The molecule has 3 unspecified atom stereocenters. The lowest BCUT2D eigenvalue weighted by atomic mass is 9.97. The van der Waals surface area contributed by atoms with Gasteiger partial charge in [0.1, 0.15) is 12.1 Å². The SMILES string of the molecule is CC1NC(=O)C(c2ccccc2)N(CC2CCOC2)C1=O. The van der Waals surface area contributed by atoms with Crippen molar-refractivity contribution in [2.75, 3.05) is 19.8 Å². The van der Waals surface area contributed by atoms with Crippen LogP contribution in [0.2, 0.25) is 0 Å². The molecule has 3 rings (SSSR count). The highest BCUT2D eigenvalue weighted by atomic mass is 16.5. The van der Waals surface area contributed by atoms with Crippen LogP contribution in [0.25, 0.3) is 0 Å². The lowest BCUT2D eigenvalue weighted by molar-refractivity contribution is -0.149. The number of hydrogen-bond acceptors (Lipinski definition) is 3. The summed E-state index contributed by atoms with van der Waals surface area (Å²) in [5, 5.41) is 2.77. The average molecular weight is 288 g/mol. The normalized spacial score (nSPS) is 29.6. The Morgan fingerprint density at radius 3 is 2.71 bits per heavy atom. The molecule has 5 nitrogen and oxygen atoms in total. The van der Waals surface area contributed by atoms with Gasteiger partial charge in [-0.05, 0) is 18.9 Å². The molecule has 0 aliphatic carbocycles. The van der Waals surface area contributed by atoms with E-state index in [0.29, 0.717) is 19.1 Å². The monoisotopic (exact) mass is 288 g/mol. The van der Waals surface area contributed by atoms with Crippen molar-refractivity contribution >= 4 is 11.8 Å². The van der Waals surface area contributed by atoms with E-state index in [1.165, 1.54) is 0 Å². The molecule has 112 valence electrons. The quantitative estimate of drug-likeness (QED) is 0.906. The van der Waals surface area contributed by atoms with Gasteiger partial charge < -0.3 is 15.0 Å². The van der Waals surface area contributed by atoms with Crippen molar-refractivity contribution in [1.82, 2.24) is 10.2 Å². The number of carbonyl (C=O) groups is 2. The summed E-state index contributed by atoms with van der Waals surface area (Å²) in [6.45, 7) is 3.72. The maximum atomic E-state index is 12.5. The molecule has 5 heteroatoms. The molecule has 3 atom stereocenters.